The van der Waals surface area contributed by atoms with Crippen molar-refractivity contribution in [2.75, 3.05) is 6.61 Å². The van der Waals surface area contributed by atoms with Gasteiger partial charge in [-0.05, 0) is 12.5 Å². The molecular formula is C11H16FNO. The number of ether oxygens (including phenoxy) is 1. The Balaban J connectivity index is 2.35. The van der Waals surface area contributed by atoms with Crippen molar-refractivity contribution in [2.24, 2.45) is 5.73 Å². The SMILES string of the molecule is CCC(N)COCc1ccccc1F. The fourth-order valence-corrected chi connectivity index (χ4v) is 1.05. The van der Waals surface area contributed by atoms with Crippen molar-refractivity contribution in [3.8, 4) is 0 Å². The average molecular weight is 197 g/mol. The fourth-order valence-electron chi connectivity index (χ4n) is 1.05. The lowest BCUT2D eigenvalue weighted by Gasteiger charge is -2.09. The van der Waals surface area contributed by atoms with Crippen LogP contribution < -0.4 is 5.73 Å². The first-order valence-electron chi connectivity index (χ1n) is 4.80. The van der Waals surface area contributed by atoms with Gasteiger partial charge in [-0.25, -0.2) is 4.39 Å². The maximum absolute atomic E-state index is 13.1. The Morgan fingerprint density at radius 1 is 1.43 bits per heavy atom. The smallest absolute Gasteiger partial charge is 0.128 e. The van der Waals surface area contributed by atoms with Crippen LogP contribution >= 0.6 is 0 Å². The summed E-state index contributed by atoms with van der Waals surface area (Å²) in [6.07, 6.45) is 0.872. The zero-order chi connectivity index (χ0) is 10.4. The van der Waals surface area contributed by atoms with Crippen molar-refractivity contribution in [3.63, 3.8) is 0 Å². The van der Waals surface area contributed by atoms with Gasteiger partial charge in [-0.2, -0.15) is 0 Å². The minimum atomic E-state index is -0.224. The molecule has 0 saturated heterocycles. The topological polar surface area (TPSA) is 35.2 Å². The molecule has 0 aliphatic carbocycles. The maximum Gasteiger partial charge on any atom is 0.128 e. The molecule has 1 rings (SSSR count). The molecule has 0 saturated carbocycles. The molecule has 3 heteroatoms. The zero-order valence-electron chi connectivity index (χ0n) is 8.37. The van der Waals surface area contributed by atoms with Gasteiger partial charge in [0.05, 0.1) is 13.2 Å². The van der Waals surface area contributed by atoms with E-state index in [9.17, 15) is 4.39 Å². The quantitative estimate of drug-likeness (QED) is 0.784. The van der Waals surface area contributed by atoms with Crippen molar-refractivity contribution < 1.29 is 9.13 Å². The molecule has 2 nitrogen and oxygen atoms in total. The van der Waals surface area contributed by atoms with Gasteiger partial charge >= 0.3 is 0 Å². The van der Waals surface area contributed by atoms with E-state index in [0.29, 0.717) is 18.8 Å². The van der Waals surface area contributed by atoms with Crippen LogP contribution in [0.25, 0.3) is 0 Å². The standard InChI is InChI=1S/C11H16FNO/c1-2-10(13)8-14-7-9-5-3-4-6-11(9)12/h3-6,10H,2,7-8,13H2,1H3. The number of hydrogen-bond acceptors (Lipinski definition) is 2. The first kappa shape index (κ1) is 11.1. The lowest BCUT2D eigenvalue weighted by atomic mass is 10.2. The largest absolute Gasteiger partial charge is 0.375 e. The Kier molecular flexibility index (Phi) is 4.56. The normalized spacial score (nSPS) is 12.8. The lowest BCUT2D eigenvalue weighted by molar-refractivity contribution is 0.105. The number of rotatable bonds is 5. The summed E-state index contributed by atoms with van der Waals surface area (Å²) in [5, 5.41) is 0. The molecule has 1 atom stereocenters. The molecule has 0 heterocycles. The highest BCUT2D eigenvalue weighted by atomic mass is 19.1. The molecule has 78 valence electrons. The van der Waals surface area contributed by atoms with Crippen LogP contribution in [0.4, 0.5) is 4.39 Å². The van der Waals surface area contributed by atoms with Crippen molar-refractivity contribution in [2.45, 2.75) is 26.0 Å². The summed E-state index contributed by atoms with van der Waals surface area (Å²) in [6, 6.07) is 6.64. The highest BCUT2D eigenvalue weighted by molar-refractivity contribution is 5.16. The molecule has 0 aromatic heterocycles. The Labute approximate surface area is 83.9 Å². The molecular weight excluding hydrogens is 181 g/mol. The highest BCUT2D eigenvalue weighted by Gasteiger charge is 2.02. The average Bonchev–Trinajstić information content (AvgIpc) is 2.20. The summed E-state index contributed by atoms with van der Waals surface area (Å²) in [5.74, 6) is -0.224. The van der Waals surface area contributed by atoms with Gasteiger partial charge in [0.2, 0.25) is 0 Å². The molecule has 1 aromatic rings. The van der Waals surface area contributed by atoms with E-state index in [1.165, 1.54) is 6.07 Å². The minimum absolute atomic E-state index is 0.0433. The van der Waals surface area contributed by atoms with Crippen LogP contribution in [0.2, 0.25) is 0 Å². The molecule has 0 aliphatic rings. The summed E-state index contributed by atoms with van der Waals surface area (Å²) >= 11 is 0. The van der Waals surface area contributed by atoms with E-state index in [1.807, 2.05) is 6.92 Å². The van der Waals surface area contributed by atoms with Crippen LogP contribution in [-0.4, -0.2) is 12.6 Å². The van der Waals surface area contributed by atoms with Crippen LogP contribution in [0.1, 0.15) is 18.9 Å². The fraction of sp³-hybridized carbons (Fsp3) is 0.455. The second-order valence-corrected chi connectivity index (χ2v) is 3.27. The number of hydrogen-bond donors (Lipinski definition) is 1. The van der Waals surface area contributed by atoms with Gasteiger partial charge in [0.1, 0.15) is 5.82 Å². The second kappa shape index (κ2) is 5.73. The Hall–Kier alpha value is -0.930. The molecule has 0 bridgehead atoms. The van der Waals surface area contributed by atoms with Crippen molar-refractivity contribution in [3.05, 3.63) is 35.6 Å². The number of benzene rings is 1. The first-order valence-corrected chi connectivity index (χ1v) is 4.80. The molecule has 0 fully saturated rings. The van der Waals surface area contributed by atoms with E-state index in [4.69, 9.17) is 10.5 Å². The number of nitrogens with two attached hydrogens (primary N) is 1. The van der Waals surface area contributed by atoms with E-state index in [0.717, 1.165) is 6.42 Å². The van der Waals surface area contributed by atoms with E-state index < -0.39 is 0 Å². The molecule has 0 spiro atoms. The van der Waals surface area contributed by atoms with Crippen LogP contribution in [-0.2, 0) is 11.3 Å². The van der Waals surface area contributed by atoms with Crippen LogP contribution in [0, 0.1) is 5.82 Å². The Bertz CT molecular complexity index is 278. The predicted octanol–water partition coefficient (Wildman–Crippen LogP) is 2.08. The van der Waals surface area contributed by atoms with Crippen molar-refractivity contribution >= 4 is 0 Å². The van der Waals surface area contributed by atoms with Gasteiger partial charge in [-0.15, -0.1) is 0 Å². The molecule has 1 unspecified atom stereocenters. The Morgan fingerprint density at radius 2 is 2.14 bits per heavy atom. The number of halogens is 1. The summed E-state index contributed by atoms with van der Waals surface area (Å²) in [5.41, 5.74) is 6.24. The summed E-state index contributed by atoms with van der Waals surface area (Å²) in [7, 11) is 0. The molecule has 2 N–H and O–H groups in total. The van der Waals surface area contributed by atoms with Gasteiger partial charge in [-0.3, -0.25) is 0 Å². The van der Waals surface area contributed by atoms with Crippen molar-refractivity contribution in [1.29, 1.82) is 0 Å². The van der Waals surface area contributed by atoms with E-state index in [1.54, 1.807) is 18.2 Å². The van der Waals surface area contributed by atoms with Gasteiger partial charge in [0.15, 0.2) is 0 Å². The summed E-state index contributed by atoms with van der Waals surface area (Å²) < 4.78 is 18.4. The third-order valence-electron chi connectivity index (χ3n) is 2.07. The van der Waals surface area contributed by atoms with Gasteiger partial charge in [0, 0.05) is 11.6 Å². The molecule has 0 amide bonds. The van der Waals surface area contributed by atoms with E-state index >= 15 is 0 Å². The molecule has 1 aromatic carbocycles. The maximum atomic E-state index is 13.1. The summed E-state index contributed by atoms with van der Waals surface area (Å²) in [6.45, 7) is 2.77. The molecule has 14 heavy (non-hydrogen) atoms. The molecule has 0 aliphatic heterocycles. The third kappa shape index (κ3) is 3.44. The monoisotopic (exact) mass is 197 g/mol. The van der Waals surface area contributed by atoms with Crippen LogP contribution in [0.3, 0.4) is 0 Å². The lowest BCUT2D eigenvalue weighted by Crippen LogP contribution is -2.24. The van der Waals surface area contributed by atoms with Crippen LogP contribution in [0.5, 0.6) is 0 Å². The Morgan fingerprint density at radius 3 is 2.79 bits per heavy atom. The zero-order valence-corrected chi connectivity index (χ0v) is 8.37. The van der Waals surface area contributed by atoms with Gasteiger partial charge in [0.25, 0.3) is 0 Å². The first-order chi connectivity index (χ1) is 6.74. The van der Waals surface area contributed by atoms with Crippen LogP contribution in [0.15, 0.2) is 24.3 Å². The van der Waals surface area contributed by atoms with E-state index in [2.05, 4.69) is 0 Å². The highest BCUT2D eigenvalue weighted by Crippen LogP contribution is 2.07. The molecule has 0 radical (unpaired) electrons. The van der Waals surface area contributed by atoms with Gasteiger partial charge < -0.3 is 10.5 Å². The van der Waals surface area contributed by atoms with Gasteiger partial charge in [-0.1, -0.05) is 25.1 Å². The van der Waals surface area contributed by atoms with E-state index in [-0.39, 0.29) is 11.9 Å². The third-order valence-corrected chi connectivity index (χ3v) is 2.07. The van der Waals surface area contributed by atoms with Crippen molar-refractivity contribution in [1.82, 2.24) is 0 Å². The second-order valence-electron chi connectivity index (χ2n) is 3.27. The minimum Gasteiger partial charge on any atom is -0.375 e. The summed E-state index contributed by atoms with van der Waals surface area (Å²) in [4.78, 5) is 0. The predicted molar refractivity (Wildman–Crippen MR) is 54.3 cm³/mol.